The van der Waals surface area contributed by atoms with Crippen LogP contribution in [0.4, 0.5) is 26.3 Å². The minimum Gasteiger partial charge on any atom is -0.376 e. The minimum absolute atomic E-state index is 0.0757. The molecule has 0 radical (unpaired) electrons. The Balaban J connectivity index is 2.03. The molecule has 0 aliphatic carbocycles. The Bertz CT molecular complexity index is 1250. The van der Waals surface area contributed by atoms with Crippen LogP contribution in [0.2, 0.25) is 0 Å². The van der Waals surface area contributed by atoms with Crippen molar-refractivity contribution in [3.8, 4) is 11.5 Å². The molecule has 2 aromatic carbocycles. The fourth-order valence-corrected chi connectivity index (χ4v) is 3.14. The zero-order valence-corrected chi connectivity index (χ0v) is 15.7. The number of hydrogen-bond donors (Lipinski definition) is 0. The van der Waals surface area contributed by atoms with E-state index in [-0.39, 0.29) is 11.0 Å². The van der Waals surface area contributed by atoms with Gasteiger partial charge >= 0.3 is 31.3 Å². The van der Waals surface area contributed by atoms with Gasteiger partial charge < -0.3 is 8.37 Å². The van der Waals surface area contributed by atoms with Crippen molar-refractivity contribution in [3.63, 3.8) is 0 Å². The maximum absolute atomic E-state index is 12.4. The van der Waals surface area contributed by atoms with E-state index in [1.807, 2.05) is 0 Å². The van der Waals surface area contributed by atoms with Crippen LogP contribution in [0, 0.1) is 0 Å². The first kappa shape index (κ1) is 21.9. The van der Waals surface area contributed by atoms with Gasteiger partial charge in [0.25, 0.3) is 0 Å². The van der Waals surface area contributed by atoms with E-state index in [1.54, 1.807) is 0 Å². The lowest BCUT2D eigenvalue weighted by Gasteiger charge is -2.11. The molecule has 0 N–H and O–H groups in total. The third kappa shape index (κ3) is 4.21. The Morgan fingerprint density at radius 2 is 1.00 bits per heavy atom. The lowest BCUT2D eigenvalue weighted by atomic mass is 10.1. The van der Waals surface area contributed by atoms with Gasteiger partial charge in [-0.25, -0.2) is 4.98 Å². The summed E-state index contributed by atoms with van der Waals surface area (Å²) in [4.78, 5) is 3.97. The Kier molecular flexibility index (Phi) is 5.01. The molecule has 7 nitrogen and oxygen atoms in total. The first-order valence-electron chi connectivity index (χ1n) is 7.45. The van der Waals surface area contributed by atoms with Crippen LogP contribution in [0.1, 0.15) is 0 Å². The Morgan fingerprint density at radius 3 is 1.33 bits per heavy atom. The fourth-order valence-electron chi connectivity index (χ4n) is 2.23. The molecule has 0 amide bonds. The first-order chi connectivity index (χ1) is 13.6. The molecular formula is C15H7F6NO6S2. The Morgan fingerprint density at radius 1 is 0.633 bits per heavy atom. The van der Waals surface area contributed by atoms with E-state index >= 15 is 0 Å². The number of pyridine rings is 1. The van der Waals surface area contributed by atoms with Crippen molar-refractivity contribution < 1.29 is 51.5 Å². The van der Waals surface area contributed by atoms with Gasteiger partial charge in [-0.1, -0.05) is 0 Å². The second kappa shape index (κ2) is 6.87. The second-order valence-corrected chi connectivity index (χ2v) is 8.74. The zero-order chi connectivity index (χ0) is 22.5. The van der Waals surface area contributed by atoms with Crippen molar-refractivity contribution in [2.75, 3.05) is 0 Å². The molecule has 0 aliphatic heterocycles. The molecule has 3 rings (SSSR count). The van der Waals surface area contributed by atoms with E-state index < -0.39 is 42.8 Å². The average Bonchev–Trinajstić information content (AvgIpc) is 2.57. The highest BCUT2D eigenvalue weighted by molar-refractivity contribution is 7.88. The molecule has 0 saturated carbocycles. The third-order valence-electron chi connectivity index (χ3n) is 3.53. The van der Waals surface area contributed by atoms with Crippen LogP contribution in [0.3, 0.4) is 0 Å². The zero-order valence-electron chi connectivity index (χ0n) is 14.0. The molecule has 0 fully saturated rings. The summed E-state index contributed by atoms with van der Waals surface area (Å²) in [5.41, 5.74) is -11.5. The van der Waals surface area contributed by atoms with E-state index in [0.717, 1.165) is 24.3 Å². The smallest absolute Gasteiger partial charge is 0.376 e. The van der Waals surface area contributed by atoms with E-state index in [2.05, 4.69) is 13.4 Å². The number of hydrogen-bond acceptors (Lipinski definition) is 7. The SMILES string of the molecule is O=S(=O)(Oc1ccc2cc3ccc(OS(=O)(=O)C(F)(F)F)cc3nc2c1)C(F)(F)F. The Labute approximate surface area is 164 Å². The van der Waals surface area contributed by atoms with Crippen molar-refractivity contribution in [2.45, 2.75) is 11.0 Å². The lowest BCUT2D eigenvalue weighted by molar-refractivity contribution is -0.0504. The number of halogens is 6. The van der Waals surface area contributed by atoms with Crippen LogP contribution in [0.15, 0.2) is 42.5 Å². The van der Waals surface area contributed by atoms with Gasteiger partial charge in [-0.2, -0.15) is 43.2 Å². The highest BCUT2D eigenvalue weighted by Crippen LogP contribution is 2.31. The van der Waals surface area contributed by atoms with Crippen LogP contribution in [0.5, 0.6) is 11.5 Å². The summed E-state index contributed by atoms with van der Waals surface area (Å²) >= 11 is 0. The van der Waals surface area contributed by atoms with Crippen molar-refractivity contribution in [2.24, 2.45) is 0 Å². The van der Waals surface area contributed by atoms with Gasteiger partial charge in [-0.3, -0.25) is 0 Å². The number of alkyl halides is 6. The highest BCUT2D eigenvalue weighted by atomic mass is 32.2. The summed E-state index contributed by atoms with van der Waals surface area (Å²) in [7, 11) is -11.8. The molecule has 0 atom stereocenters. The van der Waals surface area contributed by atoms with Gasteiger partial charge in [0.15, 0.2) is 0 Å². The van der Waals surface area contributed by atoms with E-state index in [0.29, 0.717) is 10.8 Å². The van der Waals surface area contributed by atoms with Crippen LogP contribution in [-0.2, 0) is 20.2 Å². The largest absolute Gasteiger partial charge is 0.534 e. The minimum atomic E-state index is -5.92. The first-order valence-corrected chi connectivity index (χ1v) is 10.3. The molecule has 0 bridgehead atoms. The number of fused-ring (bicyclic) bond motifs is 2. The second-order valence-electron chi connectivity index (χ2n) is 5.66. The molecule has 0 unspecified atom stereocenters. The van der Waals surface area contributed by atoms with Gasteiger partial charge in [0.2, 0.25) is 0 Å². The van der Waals surface area contributed by atoms with Crippen LogP contribution in [0.25, 0.3) is 21.8 Å². The lowest BCUT2D eigenvalue weighted by Crippen LogP contribution is -2.28. The fraction of sp³-hybridized carbons (Fsp3) is 0.133. The van der Waals surface area contributed by atoms with Crippen molar-refractivity contribution in [1.82, 2.24) is 4.98 Å². The summed E-state index contributed by atoms with van der Waals surface area (Å²) in [6.45, 7) is 0. The van der Waals surface area contributed by atoms with Crippen molar-refractivity contribution >= 4 is 42.0 Å². The molecule has 0 spiro atoms. The molecule has 15 heteroatoms. The molecule has 3 aromatic rings. The topological polar surface area (TPSA) is 99.6 Å². The van der Waals surface area contributed by atoms with Gasteiger partial charge in [-0.15, -0.1) is 0 Å². The van der Waals surface area contributed by atoms with Crippen molar-refractivity contribution in [1.29, 1.82) is 0 Å². The summed E-state index contributed by atoms with van der Waals surface area (Å²) in [5, 5.41) is 0.659. The number of nitrogens with zero attached hydrogens (tertiary/aromatic N) is 1. The molecular weight excluding hydrogens is 468 g/mol. The van der Waals surface area contributed by atoms with Gasteiger partial charge in [0.05, 0.1) is 11.0 Å². The maximum atomic E-state index is 12.4. The highest BCUT2D eigenvalue weighted by Gasteiger charge is 2.49. The Hall–Kier alpha value is -2.81. The normalized spacial score (nSPS) is 13.5. The molecule has 0 saturated heterocycles. The van der Waals surface area contributed by atoms with E-state index in [1.165, 1.54) is 18.2 Å². The van der Waals surface area contributed by atoms with Gasteiger partial charge in [0, 0.05) is 22.9 Å². The predicted octanol–water partition coefficient (Wildman–Crippen LogP) is 3.84. The van der Waals surface area contributed by atoms with E-state index in [4.69, 9.17) is 0 Å². The summed E-state index contributed by atoms with van der Waals surface area (Å²) in [6, 6.07) is 7.47. The molecule has 1 heterocycles. The quantitative estimate of drug-likeness (QED) is 0.245. The molecule has 162 valence electrons. The summed E-state index contributed by atoms with van der Waals surface area (Å²) in [6.07, 6.45) is 0. The molecule has 30 heavy (non-hydrogen) atoms. The third-order valence-corrected chi connectivity index (χ3v) is 5.49. The molecule has 1 aromatic heterocycles. The monoisotopic (exact) mass is 475 g/mol. The van der Waals surface area contributed by atoms with Crippen LogP contribution < -0.4 is 8.37 Å². The van der Waals surface area contributed by atoms with Crippen molar-refractivity contribution in [3.05, 3.63) is 42.5 Å². The van der Waals surface area contributed by atoms with E-state index in [9.17, 15) is 43.2 Å². The van der Waals surface area contributed by atoms with Gasteiger partial charge in [0.1, 0.15) is 11.5 Å². The standard InChI is InChI=1S/C15H7F6NO6S2/c16-14(17,18)29(23,24)27-10-3-1-8-5-9-2-4-11(7-13(9)22-12(8)6-10)28-30(25,26)15(19,20)21/h1-7H. The van der Waals surface area contributed by atoms with Crippen LogP contribution >= 0.6 is 0 Å². The van der Waals surface area contributed by atoms with Crippen LogP contribution in [-0.4, -0.2) is 32.8 Å². The van der Waals surface area contributed by atoms with Gasteiger partial charge in [-0.05, 0) is 30.3 Å². The summed E-state index contributed by atoms with van der Waals surface area (Å²) < 4.78 is 127. The number of benzene rings is 2. The number of aromatic nitrogens is 1. The summed E-state index contributed by atoms with van der Waals surface area (Å²) in [5.74, 6) is -1.42. The maximum Gasteiger partial charge on any atom is 0.534 e. The molecule has 0 aliphatic rings. The predicted molar refractivity (Wildman–Crippen MR) is 90.5 cm³/mol. The average molecular weight is 475 g/mol. The number of rotatable bonds is 4.